The Bertz CT molecular complexity index is 604. The molecule has 0 aromatic heterocycles. The van der Waals surface area contributed by atoms with Gasteiger partial charge in [0.25, 0.3) is 0 Å². The summed E-state index contributed by atoms with van der Waals surface area (Å²) in [5.74, 6) is 2.24. The predicted molar refractivity (Wildman–Crippen MR) is 101 cm³/mol. The Morgan fingerprint density at radius 3 is 2.92 bits per heavy atom. The number of ether oxygens (including phenoxy) is 1. The van der Waals surface area contributed by atoms with E-state index in [4.69, 9.17) is 4.74 Å². The first kappa shape index (κ1) is 18.1. The van der Waals surface area contributed by atoms with Crippen molar-refractivity contribution in [3.05, 3.63) is 29.8 Å². The number of aliphatic hydroxyl groups is 1. The van der Waals surface area contributed by atoms with E-state index >= 15 is 0 Å². The average molecular weight is 345 g/mol. The lowest BCUT2D eigenvalue weighted by Crippen LogP contribution is -2.49. The number of hydrogen-bond donors (Lipinski definition) is 3. The average Bonchev–Trinajstić information content (AvgIpc) is 2.64. The molecule has 5 heteroatoms. The highest BCUT2D eigenvalue weighted by molar-refractivity contribution is 5.79. The van der Waals surface area contributed by atoms with E-state index in [1.165, 1.54) is 12.0 Å². The van der Waals surface area contributed by atoms with Gasteiger partial charge in [-0.15, -0.1) is 0 Å². The third kappa shape index (κ3) is 4.27. The van der Waals surface area contributed by atoms with Crippen molar-refractivity contribution in [2.24, 2.45) is 10.4 Å². The SMILES string of the molecule is CN=C(NCC1CCOc2ccccc21)NCC1(C)CCCCC1O. The minimum Gasteiger partial charge on any atom is -0.493 e. The summed E-state index contributed by atoms with van der Waals surface area (Å²) < 4.78 is 5.74. The molecule has 3 unspecified atom stereocenters. The summed E-state index contributed by atoms with van der Waals surface area (Å²) in [5.41, 5.74) is 1.20. The van der Waals surface area contributed by atoms with Crippen LogP contribution in [0.15, 0.2) is 29.3 Å². The zero-order valence-electron chi connectivity index (χ0n) is 15.4. The summed E-state index contributed by atoms with van der Waals surface area (Å²) in [6.07, 6.45) is 5.08. The van der Waals surface area contributed by atoms with Gasteiger partial charge in [0.2, 0.25) is 0 Å². The topological polar surface area (TPSA) is 65.9 Å². The van der Waals surface area contributed by atoms with Crippen LogP contribution in [-0.2, 0) is 0 Å². The minimum absolute atomic E-state index is 0.0683. The maximum atomic E-state index is 10.3. The van der Waals surface area contributed by atoms with Gasteiger partial charge >= 0.3 is 0 Å². The maximum absolute atomic E-state index is 10.3. The molecule has 1 saturated carbocycles. The molecular weight excluding hydrogens is 314 g/mol. The molecule has 3 atom stereocenters. The zero-order valence-corrected chi connectivity index (χ0v) is 15.4. The summed E-state index contributed by atoms with van der Waals surface area (Å²) in [6, 6.07) is 8.28. The van der Waals surface area contributed by atoms with Crippen molar-refractivity contribution in [3.63, 3.8) is 0 Å². The van der Waals surface area contributed by atoms with Crippen molar-refractivity contribution in [2.45, 2.75) is 51.0 Å². The van der Waals surface area contributed by atoms with Crippen LogP contribution in [0.25, 0.3) is 0 Å². The molecule has 1 fully saturated rings. The number of fused-ring (bicyclic) bond motifs is 1. The fourth-order valence-electron chi connectivity index (χ4n) is 3.94. The number of para-hydroxylation sites is 1. The van der Waals surface area contributed by atoms with Gasteiger partial charge in [0, 0.05) is 31.5 Å². The smallest absolute Gasteiger partial charge is 0.191 e. The molecule has 5 nitrogen and oxygen atoms in total. The predicted octanol–water partition coefficient (Wildman–Crippen LogP) is 2.66. The highest BCUT2D eigenvalue weighted by Crippen LogP contribution is 2.35. The van der Waals surface area contributed by atoms with Crippen LogP contribution in [0, 0.1) is 5.41 Å². The monoisotopic (exact) mass is 345 g/mol. The highest BCUT2D eigenvalue weighted by Gasteiger charge is 2.35. The van der Waals surface area contributed by atoms with Gasteiger partial charge in [0.1, 0.15) is 5.75 Å². The molecule has 3 rings (SSSR count). The van der Waals surface area contributed by atoms with Gasteiger partial charge in [0.15, 0.2) is 5.96 Å². The largest absolute Gasteiger partial charge is 0.493 e. The summed E-state index contributed by atoms with van der Waals surface area (Å²) in [5, 5.41) is 17.2. The number of aliphatic imine (C=N–C) groups is 1. The molecule has 0 bridgehead atoms. The first-order chi connectivity index (χ1) is 12.1. The summed E-state index contributed by atoms with van der Waals surface area (Å²) >= 11 is 0. The summed E-state index contributed by atoms with van der Waals surface area (Å²) in [7, 11) is 1.80. The molecule has 0 radical (unpaired) electrons. The maximum Gasteiger partial charge on any atom is 0.191 e. The van der Waals surface area contributed by atoms with Crippen LogP contribution in [-0.4, -0.2) is 43.9 Å². The lowest BCUT2D eigenvalue weighted by Gasteiger charge is -2.39. The van der Waals surface area contributed by atoms with Crippen LogP contribution >= 0.6 is 0 Å². The molecule has 3 N–H and O–H groups in total. The quantitative estimate of drug-likeness (QED) is 0.580. The molecule has 1 aliphatic heterocycles. The van der Waals surface area contributed by atoms with Crippen LogP contribution < -0.4 is 15.4 Å². The van der Waals surface area contributed by atoms with Crippen LogP contribution in [0.3, 0.4) is 0 Å². The Morgan fingerprint density at radius 1 is 1.28 bits per heavy atom. The van der Waals surface area contributed by atoms with Crippen molar-refractivity contribution in [1.82, 2.24) is 10.6 Å². The minimum atomic E-state index is -0.228. The van der Waals surface area contributed by atoms with Crippen molar-refractivity contribution in [1.29, 1.82) is 0 Å². The van der Waals surface area contributed by atoms with E-state index in [0.29, 0.717) is 5.92 Å². The lowest BCUT2D eigenvalue weighted by molar-refractivity contribution is 0.00397. The van der Waals surface area contributed by atoms with Crippen molar-refractivity contribution in [2.75, 3.05) is 26.7 Å². The Hall–Kier alpha value is -1.75. The van der Waals surface area contributed by atoms with E-state index in [1.807, 2.05) is 12.1 Å². The molecule has 0 saturated heterocycles. The van der Waals surface area contributed by atoms with Gasteiger partial charge in [-0.2, -0.15) is 0 Å². The van der Waals surface area contributed by atoms with Crippen LogP contribution in [0.1, 0.15) is 50.5 Å². The van der Waals surface area contributed by atoms with Gasteiger partial charge < -0.3 is 20.5 Å². The molecule has 2 aliphatic rings. The van der Waals surface area contributed by atoms with Crippen molar-refractivity contribution in [3.8, 4) is 5.75 Å². The summed E-state index contributed by atoms with van der Waals surface area (Å²) in [6.45, 7) is 4.52. The van der Waals surface area contributed by atoms with E-state index in [2.05, 4.69) is 34.7 Å². The Morgan fingerprint density at radius 2 is 2.12 bits per heavy atom. The van der Waals surface area contributed by atoms with Gasteiger partial charge in [-0.3, -0.25) is 4.99 Å². The zero-order chi connectivity index (χ0) is 17.7. The third-order valence-electron chi connectivity index (χ3n) is 5.76. The third-order valence-corrected chi connectivity index (χ3v) is 5.76. The second-order valence-corrected chi connectivity index (χ2v) is 7.59. The second-order valence-electron chi connectivity index (χ2n) is 7.59. The van der Waals surface area contributed by atoms with E-state index < -0.39 is 0 Å². The van der Waals surface area contributed by atoms with Crippen LogP contribution in [0.2, 0.25) is 0 Å². The Kier molecular flexibility index (Phi) is 5.84. The van der Waals surface area contributed by atoms with Crippen molar-refractivity contribution < 1.29 is 9.84 Å². The van der Waals surface area contributed by atoms with Crippen molar-refractivity contribution >= 4 is 5.96 Å². The normalized spacial score (nSPS) is 29.5. The molecule has 25 heavy (non-hydrogen) atoms. The number of guanidine groups is 1. The number of benzene rings is 1. The molecule has 1 aromatic rings. The van der Waals surface area contributed by atoms with Crippen LogP contribution in [0.5, 0.6) is 5.75 Å². The first-order valence-corrected chi connectivity index (χ1v) is 9.47. The Labute approximate surface area is 150 Å². The van der Waals surface area contributed by atoms with E-state index in [-0.39, 0.29) is 11.5 Å². The number of hydrogen-bond acceptors (Lipinski definition) is 3. The van der Waals surface area contributed by atoms with Gasteiger partial charge in [0.05, 0.1) is 12.7 Å². The van der Waals surface area contributed by atoms with Gasteiger partial charge in [-0.1, -0.05) is 38.0 Å². The summed E-state index contributed by atoms with van der Waals surface area (Å²) in [4.78, 5) is 4.35. The number of rotatable bonds is 4. The molecule has 1 aromatic carbocycles. The fourth-order valence-corrected chi connectivity index (χ4v) is 3.94. The van der Waals surface area contributed by atoms with E-state index in [0.717, 1.165) is 57.1 Å². The number of nitrogens with one attached hydrogen (secondary N) is 2. The highest BCUT2D eigenvalue weighted by atomic mass is 16.5. The number of aliphatic hydroxyl groups excluding tert-OH is 1. The second kappa shape index (κ2) is 8.09. The lowest BCUT2D eigenvalue weighted by atomic mass is 9.73. The van der Waals surface area contributed by atoms with Gasteiger partial charge in [-0.05, 0) is 30.9 Å². The molecule has 1 aliphatic carbocycles. The number of nitrogens with zero attached hydrogens (tertiary/aromatic N) is 1. The first-order valence-electron chi connectivity index (χ1n) is 9.47. The fraction of sp³-hybridized carbons (Fsp3) is 0.650. The molecule has 1 heterocycles. The molecule has 0 amide bonds. The van der Waals surface area contributed by atoms with Crippen LogP contribution in [0.4, 0.5) is 0 Å². The van der Waals surface area contributed by atoms with E-state index in [9.17, 15) is 5.11 Å². The Balaban J connectivity index is 1.54. The standard InChI is InChI=1S/C20H31N3O2/c1-20(11-6-5-9-18(20)24)14-23-19(21-2)22-13-15-10-12-25-17-8-4-3-7-16(15)17/h3-4,7-8,15,18,24H,5-6,9-14H2,1-2H3,(H2,21,22,23). The van der Waals surface area contributed by atoms with Gasteiger partial charge in [-0.25, -0.2) is 0 Å². The molecule has 0 spiro atoms. The van der Waals surface area contributed by atoms with E-state index in [1.54, 1.807) is 7.05 Å². The molecule has 138 valence electrons. The molecular formula is C20H31N3O2.